The Morgan fingerprint density at radius 1 is 1.59 bits per heavy atom. The maximum Gasteiger partial charge on any atom is 0.273 e. The molecule has 0 saturated heterocycles. The largest absolute Gasteiger partial charge is 0.383 e. The summed E-state index contributed by atoms with van der Waals surface area (Å²) in [6, 6.07) is 0. The first kappa shape index (κ1) is 14.1. The number of methoxy groups -OCH3 is 1. The molecule has 5 heteroatoms. The standard InChI is InChI=1S/C12H20N2O2S/c1-9(2)7-14(5-6-16-4)12(15)11-8-17-10(3)13-11/h8-9H,5-7H2,1-4H3. The van der Waals surface area contributed by atoms with Crippen LogP contribution in [0, 0.1) is 12.8 Å². The SMILES string of the molecule is COCCN(CC(C)C)C(=O)c1csc(C)n1. The lowest BCUT2D eigenvalue weighted by Gasteiger charge is -2.23. The lowest BCUT2D eigenvalue weighted by atomic mass is 10.2. The molecule has 0 aliphatic rings. The third-order valence-electron chi connectivity index (χ3n) is 2.28. The molecule has 0 spiro atoms. The molecule has 1 aromatic rings. The van der Waals surface area contributed by atoms with Crippen LogP contribution in [-0.4, -0.2) is 42.6 Å². The molecule has 1 aromatic heterocycles. The van der Waals surface area contributed by atoms with E-state index >= 15 is 0 Å². The van der Waals surface area contributed by atoms with E-state index in [-0.39, 0.29) is 5.91 Å². The highest BCUT2D eigenvalue weighted by molar-refractivity contribution is 7.09. The first-order chi connectivity index (χ1) is 8.04. The maximum absolute atomic E-state index is 12.2. The van der Waals surface area contributed by atoms with Crippen LogP contribution in [0.2, 0.25) is 0 Å². The summed E-state index contributed by atoms with van der Waals surface area (Å²) < 4.78 is 5.03. The van der Waals surface area contributed by atoms with Gasteiger partial charge in [0.2, 0.25) is 0 Å². The Kier molecular flexibility index (Phi) is 5.58. The molecular formula is C12H20N2O2S. The molecule has 17 heavy (non-hydrogen) atoms. The zero-order valence-electron chi connectivity index (χ0n) is 10.9. The second kappa shape index (κ2) is 6.71. The third-order valence-corrected chi connectivity index (χ3v) is 3.05. The van der Waals surface area contributed by atoms with E-state index in [1.165, 1.54) is 11.3 Å². The summed E-state index contributed by atoms with van der Waals surface area (Å²) in [5, 5.41) is 2.74. The second-order valence-corrected chi connectivity index (χ2v) is 5.45. The predicted molar refractivity (Wildman–Crippen MR) is 69.5 cm³/mol. The molecule has 1 amide bonds. The molecule has 0 saturated carbocycles. The van der Waals surface area contributed by atoms with Crippen molar-refractivity contribution in [3.8, 4) is 0 Å². The molecule has 0 radical (unpaired) electrons. The van der Waals surface area contributed by atoms with E-state index in [1.807, 2.05) is 17.2 Å². The van der Waals surface area contributed by atoms with Gasteiger partial charge in [0.1, 0.15) is 5.69 Å². The van der Waals surface area contributed by atoms with Crippen molar-refractivity contribution in [2.75, 3.05) is 26.8 Å². The summed E-state index contributed by atoms with van der Waals surface area (Å²) in [6.07, 6.45) is 0. The summed E-state index contributed by atoms with van der Waals surface area (Å²) in [5.41, 5.74) is 0.546. The van der Waals surface area contributed by atoms with Crippen molar-refractivity contribution in [2.24, 2.45) is 5.92 Å². The van der Waals surface area contributed by atoms with Crippen LogP contribution in [0.15, 0.2) is 5.38 Å². The first-order valence-electron chi connectivity index (χ1n) is 5.75. The van der Waals surface area contributed by atoms with Crippen LogP contribution in [0.4, 0.5) is 0 Å². The van der Waals surface area contributed by atoms with Gasteiger partial charge in [-0.25, -0.2) is 4.98 Å². The van der Waals surface area contributed by atoms with Gasteiger partial charge in [0.15, 0.2) is 0 Å². The Bertz CT molecular complexity index is 363. The zero-order valence-corrected chi connectivity index (χ0v) is 11.7. The summed E-state index contributed by atoms with van der Waals surface area (Å²) >= 11 is 1.50. The molecule has 0 aliphatic heterocycles. The summed E-state index contributed by atoms with van der Waals surface area (Å²) in [5.74, 6) is 0.440. The predicted octanol–water partition coefficient (Wildman–Crippen LogP) is 2.20. The van der Waals surface area contributed by atoms with Crippen LogP contribution in [0.25, 0.3) is 0 Å². The maximum atomic E-state index is 12.2. The molecule has 0 bridgehead atoms. The van der Waals surface area contributed by atoms with Gasteiger partial charge in [-0.1, -0.05) is 13.8 Å². The highest BCUT2D eigenvalue weighted by atomic mass is 32.1. The van der Waals surface area contributed by atoms with Gasteiger partial charge in [0.05, 0.1) is 11.6 Å². The van der Waals surface area contributed by atoms with Crippen molar-refractivity contribution in [3.63, 3.8) is 0 Å². The Morgan fingerprint density at radius 3 is 2.76 bits per heavy atom. The van der Waals surface area contributed by atoms with Crippen LogP contribution in [0.3, 0.4) is 0 Å². The molecule has 0 aromatic carbocycles. The highest BCUT2D eigenvalue weighted by Gasteiger charge is 2.18. The van der Waals surface area contributed by atoms with Gasteiger partial charge in [-0.05, 0) is 12.8 Å². The number of nitrogens with zero attached hydrogens (tertiary/aromatic N) is 2. The van der Waals surface area contributed by atoms with E-state index in [9.17, 15) is 4.79 Å². The summed E-state index contributed by atoms with van der Waals surface area (Å²) in [7, 11) is 1.64. The van der Waals surface area contributed by atoms with Crippen molar-refractivity contribution in [1.82, 2.24) is 9.88 Å². The van der Waals surface area contributed by atoms with Crippen LogP contribution >= 0.6 is 11.3 Å². The number of aromatic nitrogens is 1. The molecule has 0 aliphatic carbocycles. The third kappa shape index (κ3) is 4.44. The molecule has 1 rings (SSSR count). The molecule has 0 fully saturated rings. The van der Waals surface area contributed by atoms with E-state index in [1.54, 1.807) is 7.11 Å². The number of rotatable bonds is 6. The van der Waals surface area contributed by atoms with Crippen LogP contribution in [-0.2, 0) is 4.74 Å². The monoisotopic (exact) mass is 256 g/mol. The number of carbonyl (C=O) groups excluding carboxylic acids is 1. The average molecular weight is 256 g/mol. The van der Waals surface area contributed by atoms with Gasteiger partial charge < -0.3 is 9.64 Å². The van der Waals surface area contributed by atoms with Crippen molar-refractivity contribution in [2.45, 2.75) is 20.8 Å². The number of hydrogen-bond donors (Lipinski definition) is 0. The number of carbonyl (C=O) groups is 1. The fourth-order valence-electron chi connectivity index (χ4n) is 1.54. The van der Waals surface area contributed by atoms with Crippen LogP contribution in [0.5, 0.6) is 0 Å². The Labute approximate surface area is 107 Å². The first-order valence-corrected chi connectivity index (χ1v) is 6.63. The van der Waals surface area contributed by atoms with Gasteiger partial charge in [0.25, 0.3) is 5.91 Å². The number of aryl methyl sites for hydroxylation is 1. The Balaban J connectivity index is 2.71. The van der Waals surface area contributed by atoms with E-state index in [2.05, 4.69) is 18.8 Å². The van der Waals surface area contributed by atoms with Crippen molar-refractivity contribution in [1.29, 1.82) is 0 Å². The van der Waals surface area contributed by atoms with Crippen molar-refractivity contribution < 1.29 is 9.53 Å². The van der Waals surface area contributed by atoms with Crippen molar-refractivity contribution in [3.05, 3.63) is 16.1 Å². The summed E-state index contributed by atoms with van der Waals surface area (Å²) in [6.45, 7) is 8.01. The van der Waals surface area contributed by atoms with Crippen molar-refractivity contribution >= 4 is 17.2 Å². The Morgan fingerprint density at radius 2 is 2.29 bits per heavy atom. The van der Waals surface area contributed by atoms with Gasteiger partial charge >= 0.3 is 0 Å². The zero-order chi connectivity index (χ0) is 12.8. The molecule has 4 nitrogen and oxygen atoms in total. The minimum Gasteiger partial charge on any atom is -0.383 e. The minimum atomic E-state index is 0.0000926. The van der Waals surface area contributed by atoms with Crippen LogP contribution < -0.4 is 0 Å². The number of hydrogen-bond acceptors (Lipinski definition) is 4. The van der Waals surface area contributed by atoms with E-state index < -0.39 is 0 Å². The molecule has 0 unspecified atom stereocenters. The molecule has 96 valence electrons. The lowest BCUT2D eigenvalue weighted by molar-refractivity contribution is 0.0667. The van der Waals surface area contributed by atoms with E-state index in [0.29, 0.717) is 24.8 Å². The van der Waals surface area contributed by atoms with Gasteiger partial charge in [-0.15, -0.1) is 11.3 Å². The number of amides is 1. The Hall–Kier alpha value is -0.940. The normalized spacial score (nSPS) is 10.9. The van der Waals surface area contributed by atoms with Gasteiger partial charge in [-0.3, -0.25) is 4.79 Å². The molecular weight excluding hydrogens is 236 g/mol. The molecule has 0 N–H and O–H groups in total. The van der Waals surface area contributed by atoms with E-state index in [0.717, 1.165) is 11.6 Å². The quantitative estimate of drug-likeness (QED) is 0.783. The fraction of sp³-hybridized carbons (Fsp3) is 0.667. The molecule has 0 atom stereocenters. The smallest absolute Gasteiger partial charge is 0.273 e. The average Bonchev–Trinajstić information content (AvgIpc) is 2.69. The number of thiazole rings is 1. The lowest BCUT2D eigenvalue weighted by Crippen LogP contribution is -2.36. The topological polar surface area (TPSA) is 42.4 Å². The summed E-state index contributed by atoms with van der Waals surface area (Å²) in [4.78, 5) is 18.3. The highest BCUT2D eigenvalue weighted by Crippen LogP contribution is 2.11. The minimum absolute atomic E-state index is 0.0000926. The fourth-order valence-corrected chi connectivity index (χ4v) is 2.13. The van der Waals surface area contributed by atoms with Gasteiger partial charge in [0, 0.05) is 25.6 Å². The van der Waals surface area contributed by atoms with Gasteiger partial charge in [-0.2, -0.15) is 0 Å². The second-order valence-electron chi connectivity index (χ2n) is 4.39. The molecule has 1 heterocycles. The van der Waals surface area contributed by atoms with E-state index in [4.69, 9.17) is 4.74 Å². The van der Waals surface area contributed by atoms with Crippen LogP contribution in [0.1, 0.15) is 29.3 Å². The number of ether oxygens (including phenoxy) is 1.